The number of nitrogens with one attached hydrogen (secondary N) is 1. The molecule has 1 aromatic carbocycles. The summed E-state index contributed by atoms with van der Waals surface area (Å²) in [6.45, 7) is 3.15. The minimum Gasteiger partial charge on any atom is -0.352 e. The summed E-state index contributed by atoms with van der Waals surface area (Å²) >= 11 is 0. The molecule has 1 saturated heterocycles. The van der Waals surface area contributed by atoms with Gasteiger partial charge in [-0.2, -0.15) is 0 Å². The monoisotopic (exact) mass is 346 g/mol. The maximum atomic E-state index is 12.3. The fourth-order valence-electron chi connectivity index (χ4n) is 3.06. The molecule has 3 rings (SSSR count). The Morgan fingerprint density at radius 1 is 1.12 bits per heavy atom. The standard InChI is InChI=1S/C17H22N4O2S/c1-2-14-8-6-7-13-21(14)17-12-11-16(18-19-17)20-24(22,23)15-9-4-3-5-10-15/h3-5,9-12,14H,2,6-8,13H2,1H3,(H,18,20). The van der Waals surface area contributed by atoms with E-state index in [0.29, 0.717) is 6.04 Å². The quantitative estimate of drug-likeness (QED) is 0.900. The van der Waals surface area contributed by atoms with Crippen LogP contribution in [0.1, 0.15) is 32.6 Å². The molecule has 1 unspecified atom stereocenters. The third-order valence-corrected chi connectivity index (χ3v) is 5.71. The molecule has 0 bridgehead atoms. The summed E-state index contributed by atoms with van der Waals surface area (Å²) in [5.74, 6) is 1.04. The van der Waals surface area contributed by atoms with Gasteiger partial charge in [-0.15, -0.1) is 10.2 Å². The van der Waals surface area contributed by atoms with E-state index in [9.17, 15) is 8.42 Å². The molecule has 1 atom stereocenters. The second-order valence-electron chi connectivity index (χ2n) is 5.95. The summed E-state index contributed by atoms with van der Waals surface area (Å²) in [5, 5.41) is 8.28. The third kappa shape index (κ3) is 3.67. The number of anilines is 2. The zero-order valence-electron chi connectivity index (χ0n) is 13.7. The first-order chi connectivity index (χ1) is 11.6. The van der Waals surface area contributed by atoms with Gasteiger partial charge in [0, 0.05) is 12.6 Å². The fraction of sp³-hybridized carbons (Fsp3) is 0.412. The predicted molar refractivity (Wildman–Crippen MR) is 94.6 cm³/mol. The number of hydrogen-bond acceptors (Lipinski definition) is 5. The van der Waals surface area contributed by atoms with Crippen molar-refractivity contribution in [3.05, 3.63) is 42.5 Å². The first kappa shape index (κ1) is 16.7. The van der Waals surface area contributed by atoms with Gasteiger partial charge in [-0.25, -0.2) is 8.42 Å². The first-order valence-corrected chi connectivity index (χ1v) is 9.76. The Morgan fingerprint density at radius 3 is 2.58 bits per heavy atom. The minimum atomic E-state index is -3.63. The van der Waals surface area contributed by atoms with Crippen LogP contribution in [0.25, 0.3) is 0 Å². The van der Waals surface area contributed by atoms with Crippen LogP contribution in [0.5, 0.6) is 0 Å². The number of nitrogens with zero attached hydrogens (tertiary/aromatic N) is 3. The Kier molecular flexibility index (Phi) is 4.99. The zero-order chi connectivity index (χ0) is 17.0. The molecule has 2 heterocycles. The van der Waals surface area contributed by atoms with E-state index in [0.717, 1.165) is 25.2 Å². The Morgan fingerprint density at radius 2 is 1.92 bits per heavy atom. The van der Waals surface area contributed by atoms with E-state index >= 15 is 0 Å². The summed E-state index contributed by atoms with van der Waals surface area (Å²) in [6.07, 6.45) is 4.64. The van der Waals surface area contributed by atoms with E-state index in [2.05, 4.69) is 26.7 Å². The van der Waals surface area contributed by atoms with Gasteiger partial charge in [0.1, 0.15) is 0 Å². The van der Waals surface area contributed by atoms with Crippen molar-refractivity contribution in [2.24, 2.45) is 0 Å². The molecule has 1 fully saturated rings. The Bertz CT molecular complexity index is 763. The topological polar surface area (TPSA) is 75.2 Å². The molecule has 2 aromatic rings. The van der Waals surface area contributed by atoms with E-state index < -0.39 is 10.0 Å². The maximum Gasteiger partial charge on any atom is 0.263 e. The molecule has 24 heavy (non-hydrogen) atoms. The molecular formula is C17H22N4O2S. The van der Waals surface area contributed by atoms with Crippen molar-refractivity contribution in [2.45, 2.75) is 43.5 Å². The van der Waals surface area contributed by atoms with Crippen molar-refractivity contribution in [2.75, 3.05) is 16.2 Å². The maximum absolute atomic E-state index is 12.3. The molecule has 1 aliphatic heterocycles. The van der Waals surface area contributed by atoms with Gasteiger partial charge in [0.15, 0.2) is 11.6 Å². The molecule has 0 saturated carbocycles. The van der Waals surface area contributed by atoms with Crippen molar-refractivity contribution in [3.63, 3.8) is 0 Å². The number of benzene rings is 1. The Balaban J connectivity index is 1.75. The van der Waals surface area contributed by atoms with Gasteiger partial charge < -0.3 is 4.90 Å². The molecule has 128 valence electrons. The highest BCUT2D eigenvalue weighted by Gasteiger charge is 2.22. The van der Waals surface area contributed by atoms with E-state index in [4.69, 9.17) is 0 Å². The highest BCUT2D eigenvalue weighted by atomic mass is 32.2. The Hall–Kier alpha value is -2.15. The van der Waals surface area contributed by atoms with Crippen LogP contribution >= 0.6 is 0 Å². The lowest BCUT2D eigenvalue weighted by molar-refractivity contribution is 0.445. The van der Waals surface area contributed by atoms with Crippen molar-refractivity contribution >= 4 is 21.7 Å². The molecule has 0 radical (unpaired) electrons. The molecular weight excluding hydrogens is 324 g/mol. The molecule has 1 N–H and O–H groups in total. The largest absolute Gasteiger partial charge is 0.352 e. The minimum absolute atomic E-state index is 0.206. The summed E-state index contributed by atoms with van der Waals surface area (Å²) in [5.41, 5.74) is 0. The molecule has 0 aliphatic carbocycles. The molecule has 0 amide bonds. The van der Waals surface area contributed by atoms with Crippen LogP contribution in [-0.4, -0.2) is 31.2 Å². The summed E-state index contributed by atoms with van der Waals surface area (Å²) in [6, 6.07) is 12.2. The Labute approximate surface area is 143 Å². The summed E-state index contributed by atoms with van der Waals surface area (Å²) in [4.78, 5) is 2.48. The molecule has 0 spiro atoms. The molecule has 1 aliphatic rings. The van der Waals surface area contributed by atoms with E-state index in [-0.39, 0.29) is 10.7 Å². The molecule has 1 aromatic heterocycles. The van der Waals surface area contributed by atoms with Crippen LogP contribution < -0.4 is 9.62 Å². The lowest BCUT2D eigenvalue weighted by Gasteiger charge is -2.35. The number of piperidine rings is 1. The predicted octanol–water partition coefficient (Wildman–Crippen LogP) is 3.05. The van der Waals surface area contributed by atoms with Crippen LogP contribution in [0.2, 0.25) is 0 Å². The number of rotatable bonds is 5. The highest BCUT2D eigenvalue weighted by molar-refractivity contribution is 7.92. The second-order valence-corrected chi connectivity index (χ2v) is 7.63. The van der Waals surface area contributed by atoms with Crippen LogP contribution in [0.15, 0.2) is 47.4 Å². The van der Waals surface area contributed by atoms with Crippen molar-refractivity contribution in [1.82, 2.24) is 10.2 Å². The first-order valence-electron chi connectivity index (χ1n) is 8.28. The smallest absolute Gasteiger partial charge is 0.263 e. The average molecular weight is 346 g/mol. The van der Waals surface area contributed by atoms with E-state index in [1.807, 2.05) is 6.07 Å². The molecule has 6 nitrogen and oxygen atoms in total. The van der Waals surface area contributed by atoms with E-state index in [1.54, 1.807) is 36.4 Å². The SMILES string of the molecule is CCC1CCCCN1c1ccc(NS(=O)(=O)c2ccccc2)nn1. The van der Waals surface area contributed by atoms with Crippen LogP contribution in [0.4, 0.5) is 11.6 Å². The fourth-order valence-corrected chi connectivity index (χ4v) is 4.07. The number of hydrogen-bond donors (Lipinski definition) is 1. The normalized spacial score (nSPS) is 18.4. The van der Waals surface area contributed by atoms with Crippen LogP contribution in [0, 0.1) is 0 Å². The average Bonchev–Trinajstić information content (AvgIpc) is 2.63. The van der Waals surface area contributed by atoms with Gasteiger partial charge in [-0.1, -0.05) is 25.1 Å². The van der Waals surface area contributed by atoms with Gasteiger partial charge in [-0.05, 0) is 49.9 Å². The lowest BCUT2D eigenvalue weighted by Crippen LogP contribution is -2.39. The highest BCUT2D eigenvalue weighted by Crippen LogP contribution is 2.25. The second kappa shape index (κ2) is 7.17. The van der Waals surface area contributed by atoms with Gasteiger partial charge in [0.25, 0.3) is 10.0 Å². The van der Waals surface area contributed by atoms with E-state index in [1.165, 1.54) is 12.8 Å². The summed E-state index contributed by atoms with van der Waals surface area (Å²) < 4.78 is 27.1. The van der Waals surface area contributed by atoms with Crippen LogP contribution in [0.3, 0.4) is 0 Å². The number of aromatic nitrogens is 2. The number of sulfonamides is 1. The van der Waals surface area contributed by atoms with Crippen molar-refractivity contribution in [1.29, 1.82) is 0 Å². The van der Waals surface area contributed by atoms with Gasteiger partial charge >= 0.3 is 0 Å². The zero-order valence-corrected chi connectivity index (χ0v) is 14.5. The van der Waals surface area contributed by atoms with Crippen molar-refractivity contribution in [3.8, 4) is 0 Å². The summed E-state index contributed by atoms with van der Waals surface area (Å²) in [7, 11) is -3.63. The van der Waals surface area contributed by atoms with Crippen LogP contribution in [-0.2, 0) is 10.0 Å². The lowest BCUT2D eigenvalue weighted by atomic mass is 10.0. The van der Waals surface area contributed by atoms with Crippen molar-refractivity contribution < 1.29 is 8.42 Å². The molecule has 7 heteroatoms. The van der Waals surface area contributed by atoms with Gasteiger partial charge in [0.2, 0.25) is 0 Å². The van der Waals surface area contributed by atoms with Gasteiger partial charge in [0.05, 0.1) is 4.90 Å². The third-order valence-electron chi connectivity index (χ3n) is 4.34. The van der Waals surface area contributed by atoms with Gasteiger partial charge in [-0.3, -0.25) is 4.72 Å².